The largest absolute Gasteiger partial charge is 0.478 e. The van der Waals surface area contributed by atoms with Crippen molar-refractivity contribution in [3.63, 3.8) is 0 Å². The predicted octanol–water partition coefficient (Wildman–Crippen LogP) is 3.81. The number of pyridine rings is 1. The van der Waals surface area contributed by atoms with E-state index < -0.39 is 15.6 Å². The first kappa shape index (κ1) is 22.8. The van der Waals surface area contributed by atoms with Crippen molar-refractivity contribution >= 4 is 27.1 Å². The molecule has 3 aliphatic heterocycles. The van der Waals surface area contributed by atoms with Crippen LogP contribution >= 0.6 is 0 Å². The normalized spacial score (nSPS) is 19.1. The van der Waals surface area contributed by atoms with Gasteiger partial charge in [0.1, 0.15) is 5.76 Å². The standard InChI is InChI=1S/C27H24N2O6S/c1-18-4-7-21(8-5-18)36(31,32)29-13-10-27(11-14-29)26(30)24(20-3-2-12-28-16-20)25(35-27)19-6-9-22-23(15-19)34-17-33-22/h2-9,12,15-16H,10-11,13-14,17H2,1H3. The third-order valence-corrected chi connectivity index (χ3v) is 8.85. The van der Waals surface area contributed by atoms with E-state index in [9.17, 15) is 13.2 Å². The molecule has 1 spiro atoms. The third-order valence-electron chi connectivity index (χ3n) is 6.94. The van der Waals surface area contributed by atoms with Gasteiger partial charge < -0.3 is 14.2 Å². The Morgan fingerprint density at radius 1 is 0.944 bits per heavy atom. The summed E-state index contributed by atoms with van der Waals surface area (Å²) in [7, 11) is -3.67. The lowest BCUT2D eigenvalue weighted by Gasteiger charge is -2.37. The fourth-order valence-electron chi connectivity index (χ4n) is 4.91. The number of piperidine rings is 1. The molecule has 3 aliphatic rings. The average Bonchev–Trinajstić information content (AvgIpc) is 3.47. The summed E-state index contributed by atoms with van der Waals surface area (Å²) in [6, 6.07) is 15.8. The molecule has 9 heteroatoms. The van der Waals surface area contributed by atoms with Crippen molar-refractivity contribution in [2.45, 2.75) is 30.3 Å². The number of nitrogens with zero attached hydrogens (tertiary/aromatic N) is 2. The van der Waals surface area contributed by atoms with Crippen LogP contribution in [0.3, 0.4) is 0 Å². The number of carbonyl (C=O) groups is 1. The smallest absolute Gasteiger partial charge is 0.243 e. The number of fused-ring (bicyclic) bond motifs is 1. The lowest BCUT2D eigenvalue weighted by Crippen LogP contribution is -2.50. The van der Waals surface area contributed by atoms with Crippen LogP contribution in [-0.2, 0) is 19.6 Å². The number of sulfonamides is 1. The minimum Gasteiger partial charge on any atom is -0.478 e. The van der Waals surface area contributed by atoms with Crippen molar-refractivity contribution in [1.82, 2.24) is 9.29 Å². The molecule has 3 aromatic rings. The Bertz CT molecular complexity index is 1470. The fraction of sp³-hybridized carbons (Fsp3) is 0.259. The zero-order chi connectivity index (χ0) is 24.9. The van der Waals surface area contributed by atoms with Gasteiger partial charge in [0, 0.05) is 49.5 Å². The number of Topliss-reactive ketones (excluding diaryl/α,β-unsaturated/α-hetero) is 1. The molecule has 4 heterocycles. The molecule has 36 heavy (non-hydrogen) atoms. The van der Waals surface area contributed by atoms with Crippen molar-refractivity contribution in [1.29, 1.82) is 0 Å². The summed E-state index contributed by atoms with van der Waals surface area (Å²) < 4.78 is 45.3. The van der Waals surface area contributed by atoms with Crippen LogP contribution < -0.4 is 9.47 Å². The first-order chi connectivity index (χ1) is 17.4. The quantitative estimate of drug-likeness (QED) is 0.533. The minimum absolute atomic E-state index is 0.141. The van der Waals surface area contributed by atoms with Crippen LogP contribution in [-0.4, -0.2) is 49.0 Å². The molecule has 0 radical (unpaired) electrons. The topological polar surface area (TPSA) is 95.0 Å². The van der Waals surface area contributed by atoms with E-state index in [-0.39, 0.29) is 43.4 Å². The first-order valence-electron chi connectivity index (χ1n) is 11.7. The third kappa shape index (κ3) is 3.66. The summed E-state index contributed by atoms with van der Waals surface area (Å²) >= 11 is 0. The Morgan fingerprint density at radius 2 is 1.69 bits per heavy atom. The number of ketones is 1. The monoisotopic (exact) mass is 504 g/mol. The van der Waals surface area contributed by atoms with Gasteiger partial charge in [-0.3, -0.25) is 9.78 Å². The highest BCUT2D eigenvalue weighted by Crippen LogP contribution is 2.47. The van der Waals surface area contributed by atoms with E-state index in [1.807, 2.05) is 19.1 Å². The summed E-state index contributed by atoms with van der Waals surface area (Å²) in [6.07, 6.45) is 3.78. The maximum absolute atomic E-state index is 13.9. The number of carbonyl (C=O) groups excluding carboxylic acids is 1. The molecular weight excluding hydrogens is 480 g/mol. The molecule has 1 aromatic heterocycles. The molecule has 8 nitrogen and oxygen atoms in total. The zero-order valence-electron chi connectivity index (χ0n) is 19.6. The van der Waals surface area contributed by atoms with Crippen LogP contribution in [0.5, 0.6) is 11.5 Å². The Balaban J connectivity index is 1.32. The second-order valence-electron chi connectivity index (χ2n) is 9.16. The molecule has 0 N–H and O–H groups in total. The van der Waals surface area contributed by atoms with Crippen LogP contribution in [0.4, 0.5) is 0 Å². The second kappa shape index (κ2) is 8.46. The van der Waals surface area contributed by atoms with Crippen LogP contribution in [0.15, 0.2) is 71.9 Å². The number of aromatic nitrogens is 1. The van der Waals surface area contributed by atoms with E-state index in [4.69, 9.17) is 14.2 Å². The van der Waals surface area contributed by atoms with Gasteiger partial charge >= 0.3 is 0 Å². The molecule has 1 saturated heterocycles. The summed E-state index contributed by atoms with van der Waals surface area (Å²) in [5, 5.41) is 0. The van der Waals surface area contributed by atoms with E-state index in [1.165, 1.54) is 4.31 Å². The number of ether oxygens (including phenoxy) is 3. The molecule has 0 bridgehead atoms. The van der Waals surface area contributed by atoms with Crippen LogP contribution in [0.25, 0.3) is 11.3 Å². The molecule has 0 amide bonds. The Hall–Kier alpha value is -3.69. The lowest BCUT2D eigenvalue weighted by molar-refractivity contribution is -0.131. The van der Waals surface area contributed by atoms with Crippen LogP contribution in [0.1, 0.15) is 29.5 Å². The van der Waals surface area contributed by atoms with Crippen molar-refractivity contribution in [3.05, 3.63) is 83.7 Å². The molecule has 0 unspecified atom stereocenters. The summed E-state index contributed by atoms with van der Waals surface area (Å²) in [6.45, 7) is 2.41. The lowest BCUT2D eigenvalue weighted by atomic mass is 9.84. The SMILES string of the molecule is Cc1ccc(S(=O)(=O)N2CCC3(CC2)OC(c2ccc4c(c2)OCO4)=C(c2cccnc2)C3=O)cc1. The predicted molar refractivity (Wildman–Crippen MR) is 132 cm³/mol. The Labute approximate surface area is 209 Å². The van der Waals surface area contributed by atoms with E-state index in [1.54, 1.807) is 54.9 Å². The van der Waals surface area contributed by atoms with Gasteiger partial charge in [0.25, 0.3) is 0 Å². The highest BCUT2D eigenvalue weighted by Gasteiger charge is 2.52. The second-order valence-corrected chi connectivity index (χ2v) is 11.1. The van der Waals surface area contributed by atoms with Gasteiger partial charge in [-0.2, -0.15) is 4.31 Å². The van der Waals surface area contributed by atoms with Gasteiger partial charge in [-0.1, -0.05) is 23.8 Å². The van der Waals surface area contributed by atoms with E-state index in [0.717, 1.165) is 5.56 Å². The number of hydrogen-bond donors (Lipinski definition) is 0. The maximum atomic E-state index is 13.9. The maximum Gasteiger partial charge on any atom is 0.243 e. The number of hydrogen-bond acceptors (Lipinski definition) is 7. The number of aryl methyl sites for hydroxylation is 1. The number of benzene rings is 2. The summed E-state index contributed by atoms with van der Waals surface area (Å²) in [4.78, 5) is 18.4. The van der Waals surface area contributed by atoms with Crippen molar-refractivity contribution < 1.29 is 27.4 Å². The average molecular weight is 505 g/mol. The molecule has 1 fully saturated rings. The van der Waals surface area contributed by atoms with Crippen molar-refractivity contribution in [2.75, 3.05) is 19.9 Å². The van der Waals surface area contributed by atoms with E-state index in [0.29, 0.717) is 34.0 Å². The van der Waals surface area contributed by atoms with Gasteiger partial charge in [-0.15, -0.1) is 0 Å². The van der Waals surface area contributed by atoms with Gasteiger partial charge in [0.15, 0.2) is 17.1 Å². The van der Waals surface area contributed by atoms with Crippen molar-refractivity contribution in [3.8, 4) is 11.5 Å². The molecule has 0 saturated carbocycles. The molecular formula is C27H24N2O6S. The number of rotatable bonds is 4. The van der Waals surface area contributed by atoms with Gasteiger partial charge in [0.2, 0.25) is 22.6 Å². The highest BCUT2D eigenvalue weighted by atomic mass is 32.2. The molecule has 0 aliphatic carbocycles. The molecule has 6 rings (SSSR count). The van der Waals surface area contributed by atoms with E-state index >= 15 is 0 Å². The highest BCUT2D eigenvalue weighted by molar-refractivity contribution is 7.89. The van der Waals surface area contributed by atoms with E-state index in [2.05, 4.69) is 4.98 Å². The van der Waals surface area contributed by atoms with Crippen LogP contribution in [0.2, 0.25) is 0 Å². The Kier molecular flexibility index (Phi) is 5.35. The zero-order valence-corrected chi connectivity index (χ0v) is 20.5. The Morgan fingerprint density at radius 3 is 2.42 bits per heavy atom. The summed E-state index contributed by atoms with van der Waals surface area (Å²) in [5.74, 6) is 1.51. The van der Waals surface area contributed by atoms with Gasteiger partial charge in [-0.25, -0.2) is 8.42 Å². The summed E-state index contributed by atoms with van der Waals surface area (Å²) in [5.41, 5.74) is 1.63. The van der Waals surface area contributed by atoms with Crippen molar-refractivity contribution in [2.24, 2.45) is 0 Å². The van der Waals surface area contributed by atoms with Crippen LogP contribution in [0, 0.1) is 6.92 Å². The molecule has 184 valence electrons. The molecule has 2 aromatic carbocycles. The fourth-order valence-corrected chi connectivity index (χ4v) is 6.36. The first-order valence-corrected chi connectivity index (χ1v) is 13.2. The van der Waals surface area contributed by atoms with Gasteiger partial charge in [0.05, 0.1) is 10.5 Å². The van der Waals surface area contributed by atoms with Gasteiger partial charge in [-0.05, 0) is 43.3 Å². The molecule has 0 atom stereocenters. The minimum atomic E-state index is -3.67.